The minimum atomic E-state index is -0.928. The molecule has 0 spiro atoms. The smallest absolute Gasteiger partial charge is 0.325 e. The molecule has 2 unspecified atom stereocenters. The first-order valence-corrected chi connectivity index (χ1v) is 5.83. The summed E-state index contributed by atoms with van der Waals surface area (Å²) in [7, 11) is 1.51. The average molecular weight is 253 g/mol. The van der Waals surface area contributed by atoms with Crippen molar-refractivity contribution in [3.05, 3.63) is 35.9 Å². The molecule has 2 atom stereocenters. The Bertz CT molecular complexity index is 355. The first-order valence-electron chi connectivity index (χ1n) is 5.83. The Morgan fingerprint density at radius 3 is 2.61 bits per heavy atom. The number of rotatable bonds is 8. The van der Waals surface area contributed by atoms with Gasteiger partial charge in [-0.05, 0) is 18.5 Å². The summed E-state index contributed by atoms with van der Waals surface area (Å²) in [5.74, 6) is -0.928. The van der Waals surface area contributed by atoms with Crippen LogP contribution in [0.5, 0.6) is 0 Å². The fourth-order valence-electron chi connectivity index (χ4n) is 1.66. The van der Waals surface area contributed by atoms with E-state index in [0.717, 1.165) is 0 Å². The molecule has 0 saturated heterocycles. The van der Waals surface area contributed by atoms with Crippen LogP contribution in [-0.4, -0.2) is 42.5 Å². The van der Waals surface area contributed by atoms with Crippen LogP contribution in [0.2, 0.25) is 0 Å². The van der Waals surface area contributed by atoms with Gasteiger partial charge in [-0.15, -0.1) is 0 Å². The first kappa shape index (κ1) is 14.6. The molecule has 1 aromatic carbocycles. The van der Waals surface area contributed by atoms with Crippen molar-refractivity contribution < 1.29 is 19.7 Å². The zero-order valence-corrected chi connectivity index (χ0v) is 10.4. The van der Waals surface area contributed by atoms with Crippen molar-refractivity contribution in [1.82, 2.24) is 5.32 Å². The van der Waals surface area contributed by atoms with Crippen molar-refractivity contribution in [1.29, 1.82) is 0 Å². The van der Waals surface area contributed by atoms with Crippen LogP contribution in [0.15, 0.2) is 30.3 Å². The molecule has 0 amide bonds. The van der Waals surface area contributed by atoms with Crippen LogP contribution < -0.4 is 5.32 Å². The Morgan fingerprint density at radius 2 is 2.06 bits per heavy atom. The van der Waals surface area contributed by atoms with Gasteiger partial charge in [0.1, 0.15) is 6.04 Å². The lowest BCUT2D eigenvalue weighted by atomic mass is 10.1. The third kappa shape index (κ3) is 4.83. The van der Waals surface area contributed by atoms with Crippen LogP contribution in [0, 0.1) is 0 Å². The van der Waals surface area contributed by atoms with Gasteiger partial charge in [0, 0.05) is 7.11 Å². The molecule has 5 nitrogen and oxygen atoms in total. The number of aliphatic hydroxyl groups excluding tert-OH is 1. The SMILES string of the molecule is COCC(O)CCNC(C(=O)O)c1ccccc1. The quantitative estimate of drug-likeness (QED) is 0.638. The van der Waals surface area contributed by atoms with Gasteiger partial charge in [0.05, 0.1) is 12.7 Å². The van der Waals surface area contributed by atoms with Crippen LogP contribution in [0.25, 0.3) is 0 Å². The van der Waals surface area contributed by atoms with E-state index in [1.165, 1.54) is 7.11 Å². The normalized spacial score (nSPS) is 14.1. The predicted molar refractivity (Wildman–Crippen MR) is 67.3 cm³/mol. The molecular formula is C13H19NO4. The Balaban J connectivity index is 2.48. The van der Waals surface area contributed by atoms with E-state index in [1.807, 2.05) is 6.07 Å². The molecule has 5 heteroatoms. The fourth-order valence-corrected chi connectivity index (χ4v) is 1.66. The molecule has 18 heavy (non-hydrogen) atoms. The van der Waals surface area contributed by atoms with E-state index in [2.05, 4.69) is 5.32 Å². The lowest BCUT2D eigenvalue weighted by Crippen LogP contribution is -2.31. The molecule has 1 rings (SSSR count). The van der Waals surface area contributed by atoms with Crippen LogP contribution in [-0.2, 0) is 9.53 Å². The van der Waals surface area contributed by atoms with Crippen molar-refractivity contribution in [2.45, 2.75) is 18.6 Å². The van der Waals surface area contributed by atoms with E-state index in [9.17, 15) is 9.90 Å². The zero-order chi connectivity index (χ0) is 13.4. The maximum absolute atomic E-state index is 11.2. The Morgan fingerprint density at radius 1 is 1.39 bits per heavy atom. The highest BCUT2D eigenvalue weighted by Crippen LogP contribution is 2.12. The van der Waals surface area contributed by atoms with Gasteiger partial charge >= 0.3 is 5.97 Å². The van der Waals surface area contributed by atoms with Crippen LogP contribution >= 0.6 is 0 Å². The number of aliphatic hydroxyl groups is 1. The molecule has 0 aromatic heterocycles. The minimum Gasteiger partial charge on any atom is -0.480 e. The van der Waals surface area contributed by atoms with E-state index in [0.29, 0.717) is 18.5 Å². The van der Waals surface area contributed by atoms with Gasteiger partial charge in [-0.1, -0.05) is 30.3 Å². The van der Waals surface area contributed by atoms with E-state index in [1.54, 1.807) is 24.3 Å². The highest BCUT2D eigenvalue weighted by Gasteiger charge is 2.18. The maximum atomic E-state index is 11.2. The second kappa shape index (κ2) is 7.81. The number of hydrogen-bond acceptors (Lipinski definition) is 4. The first-order chi connectivity index (χ1) is 8.65. The lowest BCUT2D eigenvalue weighted by Gasteiger charge is -2.16. The molecule has 0 bridgehead atoms. The molecule has 0 saturated carbocycles. The van der Waals surface area contributed by atoms with Gasteiger partial charge in [-0.3, -0.25) is 4.79 Å². The average Bonchev–Trinajstić information content (AvgIpc) is 2.35. The third-order valence-corrected chi connectivity index (χ3v) is 2.56. The number of carboxylic acid groups (broad SMARTS) is 1. The molecule has 100 valence electrons. The fraction of sp³-hybridized carbons (Fsp3) is 0.462. The van der Waals surface area contributed by atoms with Crippen molar-refractivity contribution in [2.24, 2.45) is 0 Å². The predicted octanol–water partition coefficient (Wildman–Crippen LogP) is 0.799. The van der Waals surface area contributed by atoms with Gasteiger partial charge < -0.3 is 20.3 Å². The summed E-state index contributed by atoms with van der Waals surface area (Å²) >= 11 is 0. The van der Waals surface area contributed by atoms with Crippen molar-refractivity contribution in [2.75, 3.05) is 20.3 Å². The summed E-state index contributed by atoms with van der Waals surface area (Å²) in [5.41, 5.74) is 0.700. The van der Waals surface area contributed by atoms with Crippen molar-refractivity contribution in [3.8, 4) is 0 Å². The summed E-state index contributed by atoms with van der Waals surface area (Å²) in [5, 5.41) is 21.5. The Labute approximate surface area is 106 Å². The Kier molecular flexibility index (Phi) is 6.35. The maximum Gasteiger partial charge on any atom is 0.325 e. The molecular weight excluding hydrogens is 234 g/mol. The Hall–Kier alpha value is -1.43. The monoisotopic (exact) mass is 253 g/mol. The van der Waals surface area contributed by atoms with Crippen molar-refractivity contribution in [3.63, 3.8) is 0 Å². The summed E-state index contributed by atoms with van der Waals surface area (Å²) in [6.07, 6.45) is -0.127. The van der Waals surface area contributed by atoms with Crippen LogP contribution in [0.3, 0.4) is 0 Å². The number of nitrogens with one attached hydrogen (secondary N) is 1. The van der Waals surface area contributed by atoms with E-state index < -0.39 is 18.1 Å². The van der Waals surface area contributed by atoms with Crippen LogP contribution in [0.4, 0.5) is 0 Å². The second-order valence-electron chi connectivity index (χ2n) is 4.03. The molecule has 0 aliphatic rings. The highest BCUT2D eigenvalue weighted by atomic mass is 16.5. The number of methoxy groups -OCH3 is 1. The largest absolute Gasteiger partial charge is 0.480 e. The number of aliphatic carboxylic acids is 1. The summed E-state index contributed by atoms with van der Waals surface area (Å²) in [4.78, 5) is 11.2. The van der Waals surface area contributed by atoms with Gasteiger partial charge in [0.15, 0.2) is 0 Å². The molecule has 0 heterocycles. The van der Waals surface area contributed by atoms with E-state index >= 15 is 0 Å². The second-order valence-corrected chi connectivity index (χ2v) is 4.03. The molecule has 3 N–H and O–H groups in total. The van der Waals surface area contributed by atoms with Gasteiger partial charge in [0.2, 0.25) is 0 Å². The zero-order valence-electron chi connectivity index (χ0n) is 10.4. The van der Waals surface area contributed by atoms with Gasteiger partial charge in [-0.25, -0.2) is 0 Å². The van der Waals surface area contributed by atoms with Crippen LogP contribution in [0.1, 0.15) is 18.0 Å². The van der Waals surface area contributed by atoms with E-state index in [-0.39, 0.29) is 6.61 Å². The van der Waals surface area contributed by atoms with Gasteiger partial charge in [0.25, 0.3) is 0 Å². The van der Waals surface area contributed by atoms with Crippen molar-refractivity contribution >= 4 is 5.97 Å². The van der Waals surface area contributed by atoms with Gasteiger partial charge in [-0.2, -0.15) is 0 Å². The standard InChI is InChI=1S/C13H19NO4/c1-18-9-11(15)7-8-14-12(13(16)17)10-5-3-2-4-6-10/h2-6,11-12,14-15H,7-9H2,1H3,(H,16,17). The summed E-state index contributed by atoms with van der Waals surface area (Å²) < 4.78 is 4.80. The highest BCUT2D eigenvalue weighted by molar-refractivity contribution is 5.75. The third-order valence-electron chi connectivity index (χ3n) is 2.56. The molecule has 0 fully saturated rings. The lowest BCUT2D eigenvalue weighted by molar-refractivity contribution is -0.139. The number of carbonyl (C=O) groups is 1. The number of ether oxygens (including phenoxy) is 1. The summed E-state index contributed by atoms with van der Waals surface area (Å²) in [6.45, 7) is 0.668. The number of benzene rings is 1. The molecule has 0 aliphatic carbocycles. The molecule has 0 radical (unpaired) electrons. The minimum absolute atomic E-state index is 0.255. The summed E-state index contributed by atoms with van der Waals surface area (Å²) in [6, 6.07) is 8.21. The van der Waals surface area contributed by atoms with E-state index in [4.69, 9.17) is 9.84 Å². The molecule has 0 aliphatic heterocycles. The molecule has 1 aromatic rings. The number of carboxylic acids is 1. The number of hydrogen-bond donors (Lipinski definition) is 3. The topological polar surface area (TPSA) is 78.8 Å².